The van der Waals surface area contributed by atoms with E-state index in [1.54, 1.807) is 14.7 Å². The molecule has 2 saturated heterocycles. The van der Waals surface area contributed by atoms with E-state index in [0.29, 0.717) is 45.3 Å². The number of amides is 1. The summed E-state index contributed by atoms with van der Waals surface area (Å²) in [6, 6.07) is 0.705. The van der Waals surface area contributed by atoms with E-state index in [0.717, 1.165) is 12.4 Å². The molecule has 2 aliphatic rings. The summed E-state index contributed by atoms with van der Waals surface area (Å²) in [5.41, 5.74) is -3.52. The molecule has 1 N–H and O–H groups in total. The van der Waals surface area contributed by atoms with Crippen LogP contribution in [0.25, 0.3) is 0 Å². The number of hydrogen-bond donors (Lipinski definition) is 1. The number of nitrogens with one attached hydrogen (secondary N) is 1. The summed E-state index contributed by atoms with van der Waals surface area (Å²) in [4.78, 5) is 36.6. The summed E-state index contributed by atoms with van der Waals surface area (Å²) in [5.74, 6) is -0.269. The number of aromatic nitrogens is 4. The standard InChI is InChI=1S/C19H19F6N7O2/c20-18(21,22)12-6-26-17(27-7-12)32-3-1-31(2-4-32)16(34)11-8-30(9-11)10-13-5-14(19(23,24)25)15(33)29-28-13/h5-7,11H,1-4,8-10H2,(H,29,33). The molecule has 1 amide bonds. The van der Waals surface area contributed by atoms with Crippen LogP contribution in [0.4, 0.5) is 32.3 Å². The summed E-state index contributed by atoms with van der Waals surface area (Å²) in [6.45, 7) is 2.13. The maximum absolute atomic E-state index is 12.9. The van der Waals surface area contributed by atoms with Crippen molar-refractivity contribution in [3.63, 3.8) is 0 Å². The average molecular weight is 491 g/mol. The Labute approximate surface area is 188 Å². The first-order valence-corrected chi connectivity index (χ1v) is 10.2. The second kappa shape index (κ2) is 8.85. The van der Waals surface area contributed by atoms with Crippen LogP contribution in [0.1, 0.15) is 16.8 Å². The lowest BCUT2D eigenvalue weighted by atomic mass is 9.97. The van der Waals surface area contributed by atoms with Gasteiger partial charge in [0.2, 0.25) is 11.9 Å². The fourth-order valence-corrected chi connectivity index (χ4v) is 3.84. The van der Waals surface area contributed by atoms with Gasteiger partial charge in [0.05, 0.1) is 17.2 Å². The van der Waals surface area contributed by atoms with E-state index in [1.165, 1.54) is 0 Å². The SMILES string of the molecule is O=C(C1CN(Cc2cc(C(F)(F)F)c(=O)[nH]n2)C1)N1CCN(c2ncc(C(F)(F)F)cn2)CC1. The number of rotatable bonds is 4. The van der Waals surface area contributed by atoms with Crippen LogP contribution < -0.4 is 10.5 Å². The molecule has 0 aromatic carbocycles. The third-order valence-corrected chi connectivity index (χ3v) is 5.69. The highest BCUT2D eigenvalue weighted by Gasteiger charge is 2.38. The van der Waals surface area contributed by atoms with Gasteiger partial charge >= 0.3 is 12.4 Å². The third-order valence-electron chi connectivity index (χ3n) is 5.69. The van der Waals surface area contributed by atoms with Crippen molar-refractivity contribution in [3.05, 3.63) is 45.6 Å². The first-order valence-electron chi connectivity index (χ1n) is 10.2. The Hall–Kier alpha value is -3.23. The Morgan fingerprint density at radius 2 is 1.62 bits per heavy atom. The molecule has 0 atom stereocenters. The number of likely N-dealkylation sites (tertiary alicyclic amines) is 1. The fraction of sp³-hybridized carbons (Fsp3) is 0.526. The first kappa shape index (κ1) is 23.9. The van der Waals surface area contributed by atoms with Crippen LogP contribution >= 0.6 is 0 Å². The molecule has 0 bridgehead atoms. The summed E-state index contributed by atoms with van der Waals surface area (Å²) in [5, 5.41) is 5.48. The van der Waals surface area contributed by atoms with Gasteiger partial charge in [-0.2, -0.15) is 31.4 Å². The molecule has 0 unspecified atom stereocenters. The van der Waals surface area contributed by atoms with Crippen LogP contribution in [-0.4, -0.2) is 75.1 Å². The van der Waals surface area contributed by atoms with Gasteiger partial charge in [-0.05, 0) is 6.07 Å². The molecule has 4 heterocycles. The molecule has 0 saturated carbocycles. The van der Waals surface area contributed by atoms with E-state index in [1.807, 2.05) is 5.10 Å². The van der Waals surface area contributed by atoms with Crippen LogP contribution in [-0.2, 0) is 23.7 Å². The normalized spacial score (nSPS) is 18.2. The Morgan fingerprint density at radius 3 is 2.18 bits per heavy atom. The zero-order valence-electron chi connectivity index (χ0n) is 17.5. The monoisotopic (exact) mass is 491 g/mol. The molecule has 15 heteroatoms. The molecular formula is C19H19F6N7O2. The number of H-pyrrole nitrogens is 1. The number of piperazine rings is 1. The molecule has 2 aromatic heterocycles. The van der Waals surface area contributed by atoms with E-state index < -0.39 is 29.0 Å². The highest BCUT2D eigenvalue weighted by molar-refractivity contribution is 5.80. The van der Waals surface area contributed by atoms with E-state index in [4.69, 9.17) is 0 Å². The van der Waals surface area contributed by atoms with Gasteiger partial charge in [0.25, 0.3) is 5.56 Å². The predicted molar refractivity (Wildman–Crippen MR) is 104 cm³/mol. The molecule has 184 valence electrons. The Bertz CT molecular complexity index is 1090. The van der Waals surface area contributed by atoms with Gasteiger partial charge in [0.1, 0.15) is 5.56 Å². The van der Waals surface area contributed by atoms with Gasteiger partial charge in [-0.15, -0.1) is 0 Å². The van der Waals surface area contributed by atoms with Crippen LogP contribution in [0.15, 0.2) is 23.3 Å². The van der Waals surface area contributed by atoms with E-state index in [-0.39, 0.29) is 30.0 Å². The van der Waals surface area contributed by atoms with Crippen LogP contribution in [0, 0.1) is 5.92 Å². The lowest BCUT2D eigenvalue weighted by Crippen LogP contribution is -2.57. The van der Waals surface area contributed by atoms with Gasteiger partial charge in [-0.3, -0.25) is 14.5 Å². The fourth-order valence-electron chi connectivity index (χ4n) is 3.84. The molecule has 2 aliphatic heterocycles. The maximum atomic E-state index is 12.9. The molecule has 0 radical (unpaired) electrons. The van der Waals surface area contributed by atoms with Crippen LogP contribution in [0.5, 0.6) is 0 Å². The van der Waals surface area contributed by atoms with Crippen molar-refractivity contribution in [3.8, 4) is 0 Å². The number of hydrogen-bond acceptors (Lipinski definition) is 7. The summed E-state index contributed by atoms with van der Waals surface area (Å²) in [7, 11) is 0. The highest BCUT2D eigenvalue weighted by atomic mass is 19.4. The third kappa shape index (κ3) is 5.13. The van der Waals surface area contributed by atoms with Gasteiger partial charge in [0.15, 0.2) is 0 Å². The van der Waals surface area contributed by atoms with E-state index in [9.17, 15) is 35.9 Å². The molecule has 2 aromatic rings. The number of halogens is 6. The van der Waals surface area contributed by atoms with Crippen molar-refractivity contribution in [2.75, 3.05) is 44.2 Å². The second-order valence-corrected chi connectivity index (χ2v) is 8.07. The summed E-state index contributed by atoms with van der Waals surface area (Å²) < 4.78 is 76.5. The molecule has 4 rings (SSSR count). The van der Waals surface area contributed by atoms with Crippen molar-refractivity contribution in [1.29, 1.82) is 0 Å². The minimum absolute atomic E-state index is 0.0444. The van der Waals surface area contributed by atoms with Crippen molar-refractivity contribution in [2.45, 2.75) is 18.9 Å². The number of carbonyl (C=O) groups excluding carboxylic acids is 1. The molecule has 0 aliphatic carbocycles. The molecule has 0 spiro atoms. The molecule has 9 nitrogen and oxygen atoms in total. The van der Waals surface area contributed by atoms with Gasteiger partial charge in [0, 0.05) is 58.2 Å². The number of nitrogens with zero attached hydrogens (tertiary/aromatic N) is 6. The van der Waals surface area contributed by atoms with Crippen LogP contribution in [0.2, 0.25) is 0 Å². The molecule has 2 fully saturated rings. The lowest BCUT2D eigenvalue weighted by molar-refractivity contribution is -0.142. The Morgan fingerprint density at radius 1 is 1.00 bits per heavy atom. The average Bonchev–Trinajstić information content (AvgIpc) is 2.75. The summed E-state index contributed by atoms with van der Waals surface area (Å²) >= 11 is 0. The number of aromatic amines is 1. The smallest absolute Gasteiger partial charge is 0.339 e. The Balaban J connectivity index is 1.26. The topological polar surface area (TPSA) is 98.3 Å². The van der Waals surface area contributed by atoms with Gasteiger partial charge in [-0.25, -0.2) is 15.1 Å². The quantitative estimate of drug-likeness (QED) is 0.646. The van der Waals surface area contributed by atoms with Crippen molar-refractivity contribution >= 4 is 11.9 Å². The zero-order valence-corrected chi connectivity index (χ0v) is 17.5. The van der Waals surface area contributed by atoms with Crippen molar-refractivity contribution in [1.82, 2.24) is 30.0 Å². The second-order valence-electron chi connectivity index (χ2n) is 8.07. The van der Waals surface area contributed by atoms with Crippen LogP contribution in [0.3, 0.4) is 0 Å². The number of alkyl halides is 6. The lowest BCUT2D eigenvalue weighted by Gasteiger charge is -2.42. The maximum Gasteiger partial charge on any atom is 0.421 e. The van der Waals surface area contributed by atoms with Crippen molar-refractivity contribution < 1.29 is 31.1 Å². The Kier molecular flexibility index (Phi) is 6.22. The minimum atomic E-state index is -4.79. The van der Waals surface area contributed by atoms with Gasteiger partial charge < -0.3 is 9.80 Å². The summed E-state index contributed by atoms with van der Waals surface area (Å²) in [6.07, 6.45) is -7.86. The highest BCUT2D eigenvalue weighted by Crippen LogP contribution is 2.29. The molecule has 34 heavy (non-hydrogen) atoms. The first-order chi connectivity index (χ1) is 15.9. The van der Waals surface area contributed by atoms with Crippen molar-refractivity contribution in [2.24, 2.45) is 5.92 Å². The predicted octanol–water partition coefficient (Wildman–Crippen LogP) is 1.38. The molecular weight excluding hydrogens is 472 g/mol. The number of carbonyl (C=O) groups is 1. The van der Waals surface area contributed by atoms with Gasteiger partial charge in [-0.1, -0.05) is 0 Å². The van der Waals surface area contributed by atoms with E-state index >= 15 is 0 Å². The zero-order chi connectivity index (χ0) is 24.7. The number of anilines is 1. The van der Waals surface area contributed by atoms with E-state index in [2.05, 4.69) is 15.1 Å². The minimum Gasteiger partial charge on any atom is -0.339 e. The largest absolute Gasteiger partial charge is 0.421 e.